The fourth-order valence-corrected chi connectivity index (χ4v) is 6.25. The maximum atomic E-state index is 12.9. The Morgan fingerprint density at radius 1 is 1.03 bits per heavy atom. The molecule has 0 bridgehead atoms. The fraction of sp³-hybridized carbons (Fsp3) is 0.458. The third kappa shape index (κ3) is 6.92. The molecule has 0 aliphatic carbocycles. The smallest absolute Gasteiger partial charge is 0.243 e. The van der Waals surface area contributed by atoms with Gasteiger partial charge in [0.2, 0.25) is 26.0 Å². The van der Waals surface area contributed by atoms with Crippen LogP contribution in [0.3, 0.4) is 0 Å². The molecule has 0 spiro atoms. The number of carbonyl (C=O) groups is 1. The van der Waals surface area contributed by atoms with Crippen molar-refractivity contribution in [2.24, 2.45) is 0 Å². The quantitative estimate of drug-likeness (QED) is 0.444. The van der Waals surface area contributed by atoms with Gasteiger partial charge in [0, 0.05) is 13.1 Å². The molecule has 2 aromatic carbocycles. The molecule has 1 unspecified atom stereocenters. The Morgan fingerprint density at radius 2 is 1.65 bits per heavy atom. The van der Waals surface area contributed by atoms with Crippen molar-refractivity contribution in [3.05, 3.63) is 48.0 Å². The van der Waals surface area contributed by atoms with Gasteiger partial charge in [-0.3, -0.25) is 9.10 Å². The van der Waals surface area contributed by atoms with Gasteiger partial charge in [0.05, 0.1) is 50.3 Å². The van der Waals surface area contributed by atoms with Gasteiger partial charge in [-0.05, 0) is 48.4 Å². The van der Waals surface area contributed by atoms with Crippen LogP contribution in [0, 0.1) is 0 Å². The molecule has 0 aromatic heterocycles. The average Bonchev–Trinajstić information content (AvgIpc) is 2.90. The van der Waals surface area contributed by atoms with Crippen LogP contribution in [0.25, 0.3) is 0 Å². The number of anilines is 1. The lowest BCUT2D eigenvalue weighted by Gasteiger charge is -2.27. The lowest BCUT2D eigenvalue weighted by molar-refractivity contribution is -0.120. The number of morpholine rings is 1. The molecule has 204 valence electrons. The van der Waals surface area contributed by atoms with Gasteiger partial charge in [-0.25, -0.2) is 16.8 Å². The van der Waals surface area contributed by atoms with E-state index in [2.05, 4.69) is 5.32 Å². The van der Waals surface area contributed by atoms with Crippen LogP contribution in [-0.2, 0) is 29.6 Å². The van der Waals surface area contributed by atoms with Gasteiger partial charge in [-0.2, -0.15) is 4.31 Å². The molecule has 1 amide bonds. The van der Waals surface area contributed by atoms with Gasteiger partial charge in [-0.1, -0.05) is 13.0 Å². The Bertz CT molecular complexity index is 1290. The zero-order chi connectivity index (χ0) is 27.2. The van der Waals surface area contributed by atoms with Crippen molar-refractivity contribution in [2.45, 2.75) is 24.3 Å². The first-order chi connectivity index (χ1) is 17.5. The lowest BCUT2D eigenvalue weighted by atomic mass is 10.0. The topological polar surface area (TPSA) is 132 Å². The summed E-state index contributed by atoms with van der Waals surface area (Å²) in [5, 5.41) is 2.87. The van der Waals surface area contributed by atoms with Crippen LogP contribution in [-0.4, -0.2) is 80.4 Å². The lowest BCUT2D eigenvalue weighted by Crippen LogP contribution is -2.41. The highest BCUT2D eigenvalue weighted by Gasteiger charge is 2.28. The minimum Gasteiger partial charge on any atom is -0.493 e. The van der Waals surface area contributed by atoms with E-state index in [9.17, 15) is 21.6 Å². The summed E-state index contributed by atoms with van der Waals surface area (Å²) < 4.78 is 68.9. The first kappa shape index (κ1) is 28.7. The second-order valence-corrected chi connectivity index (χ2v) is 12.3. The monoisotopic (exact) mass is 555 g/mol. The van der Waals surface area contributed by atoms with E-state index in [1.807, 2.05) is 6.92 Å². The summed E-state index contributed by atoms with van der Waals surface area (Å²) in [6.07, 6.45) is 1.54. The standard InChI is InChI=1S/C24H33N3O8S2/c1-5-21(18-6-11-22(33-2)23(16-18)34-3)25-24(28)17-27(36(4,29)30)19-7-9-20(10-8-19)37(31,32)26-12-14-35-15-13-26/h6-11,16,21H,5,12-15,17H2,1-4H3,(H,25,28). The number of nitrogens with zero attached hydrogens (tertiary/aromatic N) is 2. The zero-order valence-electron chi connectivity index (χ0n) is 21.3. The molecule has 0 saturated carbocycles. The van der Waals surface area contributed by atoms with E-state index in [1.165, 1.54) is 42.8 Å². The number of rotatable bonds is 11. The van der Waals surface area contributed by atoms with Crippen LogP contribution in [0.1, 0.15) is 24.9 Å². The molecule has 11 nitrogen and oxygen atoms in total. The molecular weight excluding hydrogens is 522 g/mol. The van der Waals surface area contributed by atoms with Crippen molar-refractivity contribution in [2.75, 3.05) is 57.6 Å². The number of ether oxygens (including phenoxy) is 3. The summed E-state index contributed by atoms with van der Waals surface area (Å²) in [5.74, 6) is 0.546. The summed E-state index contributed by atoms with van der Waals surface area (Å²) in [5.41, 5.74) is 0.954. The van der Waals surface area contributed by atoms with Crippen molar-refractivity contribution >= 4 is 31.6 Å². The van der Waals surface area contributed by atoms with Gasteiger partial charge in [0.15, 0.2) is 11.5 Å². The van der Waals surface area contributed by atoms with Crippen LogP contribution < -0.4 is 19.1 Å². The molecule has 2 aromatic rings. The SMILES string of the molecule is CCC(NC(=O)CN(c1ccc(S(=O)(=O)N2CCOCC2)cc1)S(C)(=O)=O)c1ccc(OC)c(OC)c1. The Balaban J connectivity index is 1.78. The molecule has 1 fully saturated rings. The zero-order valence-corrected chi connectivity index (χ0v) is 23.0. The number of carbonyl (C=O) groups excluding carboxylic acids is 1. The number of amides is 1. The van der Waals surface area contributed by atoms with Crippen LogP contribution in [0.2, 0.25) is 0 Å². The molecule has 1 N–H and O–H groups in total. The Kier molecular flexibility index (Phi) is 9.40. The number of nitrogens with one attached hydrogen (secondary N) is 1. The third-order valence-corrected chi connectivity index (χ3v) is 9.03. The van der Waals surface area contributed by atoms with Crippen LogP contribution in [0.15, 0.2) is 47.4 Å². The Morgan fingerprint density at radius 3 is 2.19 bits per heavy atom. The number of hydrogen-bond donors (Lipinski definition) is 1. The van der Waals surface area contributed by atoms with Gasteiger partial charge >= 0.3 is 0 Å². The maximum Gasteiger partial charge on any atom is 0.243 e. The fourth-order valence-electron chi connectivity index (χ4n) is 3.98. The highest BCUT2D eigenvalue weighted by Crippen LogP contribution is 2.31. The first-order valence-electron chi connectivity index (χ1n) is 11.7. The van der Waals surface area contributed by atoms with Crippen LogP contribution >= 0.6 is 0 Å². The van der Waals surface area contributed by atoms with Crippen molar-refractivity contribution in [3.63, 3.8) is 0 Å². The minimum atomic E-state index is -3.85. The number of methoxy groups -OCH3 is 2. The molecule has 37 heavy (non-hydrogen) atoms. The third-order valence-electron chi connectivity index (χ3n) is 5.97. The highest BCUT2D eigenvalue weighted by molar-refractivity contribution is 7.92. The predicted octanol–water partition coefficient (Wildman–Crippen LogP) is 1.76. The van der Waals surface area contributed by atoms with Gasteiger partial charge < -0.3 is 19.5 Å². The summed E-state index contributed by atoms with van der Waals surface area (Å²) >= 11 is 0. The molecule has 3 rings (SSSR count). The van der Waals surface area contributed by atoms with E-state index >= 15 is 0 Å². The van der Waals surface area contributed by atoms with E-state index < -0.39 is 38.5 Å². The van der Waals surface area contributed by atoms with E-state index in [0.717, 1.165) is 16.1 Å². The minimum absolute atomic E-state index is 0.0375. The number of benzene rings is 2. The summed E-state index contributed by atoms with van der Waals surface area (Å²) in [6.45, 7) is 2.55. The number of sulfonamides is 2. The van der Waals surface area contributed by atoms with Crippen LogP contribution in [0.4, 0.5) is 5.69 Å². The van der Waals surface area contributed by atoms with Gasteiger partial charge in [0.25, 0.3) is 0 Å². The van der Waals surface area contributed by atoms with Crippen molar-refractivity contribution in [3.8, 4) is 11.5 Å². The predicted molar refractivity (Wildman–Crippen MR) is 139 cm³/mol. The second kappa shape index (κ2) is 12.1. The summed E-state index contributed by atoms with van der Waals surface area (Å²) in [7, 11) is -4.54. The molecule has 13 heteroatoms. The van der Waals surface area contributed by atoms with Crippen molar-refractivity contribution in [1.29, 1.82) is 0 Å². The maximum absolute atomic E-state index is 12.9. The van der Waals surface area contributed by atoms with Gasteiger partial charge in [-0.15, -0.1) is 0 Å². The first-order valence-corrected chi connectivity index (χ1v) is 15.0. The molecule has 1 aliphatic rings. The molecule has 1 atom stereocenters. The largest absolute Gasteiger partial charge is 0.493 e. The van der Waals surface area contributed by atoms with E-state index in [4.69, 9.17) is 14.2 Å². The second-order valence-electron chi connectivity index (χ2n) is 8.42. The van der Waals surface area contributed by atoms with Crippen molar-refractivity contribution < 1.29 is 35.8 Å². The molecule has 1 saturated heterocycles. The molecule has 1 heterocycles. The Labute approximate surface area is 218 Å². The molecular formula is C24H33N3O8S2. The summed E-state index contributed by atoms with van der Waals surface area (Å²) in [4.78, 5) is 13.0. The summed E-state index contributed by atoms with van der Waals surface area (Å²) in [6, 6.07) is 10.4. The molecule has 1 aliphatic heterocycles. The van der Waals surface area contributed by atoms with Gasteiger partial charge in [0.1, 0.15) is 6.54 Å². The highest BCUT2D eigenvalue weighted by atomic mass is 32.2. The van der Waals surface area contributed by atoms with E-state index in [0.29, 0.717) is 31.1 Å². The van der Waals surface area contributed by atoms with Crippen LogP contribution in [0.5, 0.6) is 11.5 Å². The number of hydrogen-bond acceptors (Lipinski definition) is 8. The molecule has 0 radical (unpaired) electrons. The van der Waals surface area contributed by atoms with Crippen molar-refractivity contribution in [1.82, 2.24) is 9.62 Å². The normalized spacial score (nSPS) is 15.6. The average molecular weight is 556 g/mol. The Hall–Kier alpha value is -2.87. The van der Waals surface area contributed by atoms with E-state index in [1.54, 1.807) is 18.2 Å². The van der Waals surface area contributed by atoms with E-state index in [-0.39, 0.29) is 23.7 Å².